The van der Waals surface area contributed by atoms with Gasteiger partial charge in [-0.2, -0.15) is 13.2 Å². The molecule has 0 saturated carbocycles. The molecule has 2 N–H and O–H groups in total. The molecule has 0 fully saturated rings. The third-order valence-electron chi connectivity index (χ3n) is 5.32. The summed E-state index contributed by atoms with van der Waals surface area (Å²) in [6.07, 6.45) is -3.33. The van der Waals surface area contributed by atoms with Crippen LogP contribution in [-0.2, 0) is 25.7 Å². The Bertz CT molecular complexity index is 1220. The summed E-state index contributed by atoms with van der Waals surface area (Å²) in [5.41, 5.74) is 6.61. The number of halogens is 5. The van der Waals surface area contributed by atoms with E-state index < -0.39 is 29.5 Å². The van der Waals surface area contributed by atoms with Gasteiger partial charge in [0.1, 0.15) is 17.3 Å². The SMILES string of the molecule is Cc1cc(F)c(-c2cc(C(N)=O)nc3c2CCN(Cc2ccnc(C(F)(F)F)n2)C3)c(F)c1. The number of fused-ring (bicyclic) bond motifs is 1. The lowest BCUT2D eigenvalue weighted by atomic mass is 9.92. The number of hydrogen-bond donors (Lipinski definition) is 1. The fourth-order valence-corrected chi connectivity index (χ4v) is 3.89. The van der Waals surface area contributed by atoms with Crippen LogP contribution in [0.25, 0.3) is 11.1 Å². The minimum absolute atomic E-state index is 0.0656. The number of carbonyl (C=O) groups excluding carboxylic acids is 1. The van der Waals surface area contributed by atoms with Crippen molar-refractivity contribution in [1.82, 2.24) is 19.9 Å². The second kappa shape index (κ2) is 8.47. The summed E-state index contributed by atoms with van der Waals surface area (Å²) >= 11 is 0. The Morgan fingerprint density at radius 3 is 2.48 bits per heavy atom. The molecule has 1 aliphatic heterocycles. The minimum atomic E-state index is -4.67. The van der Waals surface area contributed by atoms with E-state index in [1.807, 2.05) is 0 Å². The first-order valence-corrected chi connectivity index (χ1v) is 9.93. The first-order valence-electron chi connectivity index (χ1n) is 9.93. The molecule has 4 rings (SSSR count). The summed E-state index contributed by atoms with van der Waals surface area (Å²) in [7, 11) is 0. The summed E-state index contributed by atoms with van der Waals surface area (Å²) in [4.78, 5) is 24.7. The van der Waals surface area contributed by atoms with Gasteiger partial charge in [-0.05, 0) is 54.3 Å². The van der Waals surface area contributed by atoms with Gasteiger partial charge in [0.25, 0.3) is 5.91 Å². The van der Waals surface area contributed by atoms with Gasteiger partial charge in [0.15, 0.2) is 0 Å². The maximum Gasteiger partial charge on any atom is 0.451 e. The van der Waals surface area contributed by atoms with Crippen molar-refractivity contribution in [3.63, 3.8) is 0 Å². The predicted octanol–water partition coefficient (Wildman–Crippen LogP) is 3.80. The van der Waals surface area contributed by atoms with Gasteiger partial charge < -0.3 is 5.73 Å². The topological polar surface area (TPSA) is 85.0 Å². The molecule has 1 aliphatic rings. The highest BCUT2D eigenvalue weighted by atomic mass is 19.4. The normalized spacial score (nSPS) is 14.2. The average Bonchev–Trinajstić information content (AvgIpc) is 2.72. The van der Waals surface area contributed by atoms with Crippen LogP contribution >= 0.6 is 0 Å². The van der Waals surface area contributed by atoms with E-state index in [2.05, 4.69) is 15.0 Å². The van der Waals surface area contributed by atoms with E-state index in [1.54, 1.807) is 11.8 Å². The Balaban J connectivity index is 1.71. The zero-order chi connectivity index (χ0) is 23.9. The number of aryl methyl sites for hydroxylation is 1. The van der Waals surface area contributed by atoms with Crippen LogP contribution in [0.15, 0.2) is 30.5 Å². The van der Waals surface area contributed by atoms with Crippen molar-refractivity contribution in [1.29, 1.82) is 0 Å². The molecule has 2 aromatic heterocycles. The van der Waals surface area contributed by atoms with Crippen molar-refractivity contribution >= 4 is 5.91 Å². The van der Waals surface area contributed by atoms with Gasteiger partial charge in [-0.3, -0.25) is 9.69 Å². The quantitative estimate of drug-likeness (QED) is 0.595. The van der Waals surface area contributed by atoms with Crippen molar-refractivity contribution < 1.29 is 26.7 Å². The van der Waals surface area contributed by atoms with E-state index >= 15 is 0 Å². The number of rotatable bonds is 4. The summed E-state index contributed by atoms with van der Waals surface area (Å²) in [5.74, 6) is -3.66. The van der Waals surface area contributed by atoms with E-state index in [-0.39, 0.29) is 35.6 Å². The van der Waals surface area contributed by atoms with E-state index in [0.717, 1.165) is 6.20 Å². The van der Waals surface area contributed by atoms with E-state index in [9.17, 15) is 26.7 Å². The Morgan fingerprint density at radius 2 is 1.85 bits per heavy atom. The molecule has 3 heterocycles. The maximum atomic E-state index is 14.7. The second-order valence-corrected chi connectivity index (χ2v) is 7.78. The Kier molecular flexibility index (Phi) is 5.83. The van der Waals surface area contributed by atoms with Crippen molar-refractivity contribution in [2.75, 3.05) is 6.54 Å². The number of hydrogen-bond acceptors (Lipinski definition) is 5. The predicted molar refractivity (Wildman–Crippen MR) is 108 cm³/mol. The number of nitrogens with two attached hydrogens (primary N) is 1. The van der Waals surface area contributed by atoms with Crippen LogP contribution in [-0.4, -0.2) is 32.3 Å². The maximum absolute atomic E-state index is 14.7. The fourth-order valence-electron chi connectivity index (χ4n) is 3.89. The van der Waals surface area contributed by atoms with Crippen molar-refractivity contribution in [3.05, 3.63) is 76.1 Å². The highest BCUT2D eigenvalue weighted by molar-refractivity contribution is 5.92. The second-order valence-electron chi connectivity index (χ2n) is 7.78. The fraction of sp³-hybridized carbons (Fsp3) is 0.273. The third kappa shape index (κ3) is 4.68. The van der Waals surface area contributed by atoms with E-state index in [4.69, 9.17) is 5.73 Å². The zero-order valence-corrected chi connectivity index (χ0v) is 17.4. The highest BCUT2D eigenvalue weighted by Crippen LogP contribution is 2.34. The molecule has 1 amide bonds. The number of benzene rings is 1. The van der Waals surface area contributed by atoms with Crippen LogP contribution in [0.3, 0.4) is 0 Å². The van der Waals surface area contributed by atoms with Crippen LogP contribution in [0.4, 0.5) is 22.0 Å². The van der Waals surface area contributed by atoms with Crippen LogP contribution < -0.4 is 5.73 Å². The third-order valence-corrected chi connectivity index (χ3v) is 5.32. The summed E-state index contributed by atoms with van der Waals surface area (Å²) < 4.78 is 68.1. The van der Waals surface area contributed by atoms with Gasteiger partial charge >= 0.3 is 6.18 Å². The Morgan fingerprint density at radius 1 is 1.15 bits per heavy atom. The average molecular weight is 463 g/mol. The number of primary amides is 1. The highest BCUT2D eigenvalue weighted by Gasteiger charge is 2.35. The largest absolute Gasteiger partial charge is 0.451 e. The molecule has 0 aliphatic carbocycles. The number of carbonyl (C=O) groups is 1. The van der Waals surface area contributed by atoms with Crippen molar-refractivity contribution in [3.8, 4) is 11.1 Å². The minimum Gasteiger partial charge on any atom is -0.364 e. The molecule has 172 valence electrons. The van der Waals surface area contributed by atoms with Crippen molar-refractivity contribution in [2.45, 2.75) is 32.6 Å². The van der Waals surface area contributed by atoms with Crippen molar-refractivity contribution in [2.24, 2.45) is 5.73 Å². The van der Waals surface area contributed by atoms with Gasteiger partial charge in [0.2, 0.25) is 5.82 Å². The molecule has 0 spiro atoms. The molecule has 0 bridgehead atoms. The first kappa shape index (κ1) is 22.7. The molecule has 0 radical (unpaired) electrons. The van der Waals surface area contributed by atoms with Crippen LogP contribution in [0.1, 0.15) is 38.8 Å². The lowest BCUT2D eigenvalue weighted by Gasteiger charge is -2.29. The molecule has 0 atom stereocenters. The summed E-state index contributed by atoms with van der Waals surface area (Å²) in [6.45, 7) is 2.13. The van der Waals surface area contributed by atoms with Crippen LogP contribution in [0.2, 0.25) is 0 Å². The lowest BCUT2D eigenvalue weighted by molar-refractivity contribution is -0.145. The molecular weight excluding hydrogens is 445 g/mol. The summed E-state index contributed by atoms with van der Waals surface area (Å²) in [5, 5.41) is 0. The number of alkyl halides is 3. The Hall–Kier alpha value is -3.47. The molecular formula is C22H18F5N5O. The molecule has 6 nitrogen and oxygen atoms in total. The standard InChI is InChI=1S/C22H18F5N5O/c1-11-6-15(23)19(16(24)7-11)14-8-17(20(28)33)31-18-10-32(5-3-13(14)18)9-12-2-4-29-21(30-12)22(25,26)27/h2,4,6-8H,3,5,9-10H2,1H3,(H2,28,33). The monoisotopic (exact) mass is 463 g/mol. The van der Waals surface area contributed by atoms with Gasteiger partial charge in [0.05, 0.1) is 17.0 Å². The van der Waals surface area contributed by atoms with E-state index in [0.29, 0.717) is 29.8 Å². The Labute approximate surface area is 185 Å². The first-order chi connectivity index (χ1) is 15.5. The number of aromatic nitrogens is 3. The van der Waals surface area contributed by atoms with Gasteiger partial charge in [-0.1, -0.05) is 0 Å². The number of nitrogens with zero attached hydrogens (tertiary/aromatic N) is 4. The molecule has 33 heavy (non-hydrogen) atoms. The van der Waals surface area contributed by atoms with E-state index in [1.165, 1.54) is 24.3 Å². The molecule has 11 heteroatoms. The van der Waals surface area contributed by atoms with Gasteiger partial charge in [-0.15, -0.1) is 0 Å². The molecule has 1 aromatic carbocycles. The van der Waals surface area contributed by atoms with Gasteiger partial charge in [-0.25, -0.2) is 23.7 Å². The van der Waals surface area contributed by atoms with Crippen LogP contribution in [0, 0.1) is 18.6 Å². The molecule has 0 saturated heterocycles. The summed E-state index contributed by atoms with van der Waals surface area (Å²) in [6, 6.07) is 5.03. The molecule has 0 unspecified atom stereocenters. The number of pyridine rings is 1. The molecule has 3 aromatic rings. The van der Waals surface area contributed by atoms with Gasteiger partial charge in [0, 0.05) is 25.8 Å². The lowest BCUT2D eigenvalue weighted by Crippen LogP contribution is -2.32. The number of amides is 1. The van der Waals surface area contributed by atoms with Crippen LogP contribution in [0.5, 0.6) is 0 Å². The zero-order valence-electron chi connectivity index (χ0n) is 17.4. The smallest absolute Gasteiger partial charge is 0.364 e.